The number of Topliss-reactive ketones (excluding diaryl/α,β-unsaturated/α-hetero) is 1. The van der Waals surface area contributed by atoms with Crippen molar-refractivity contribution in [2.75, 3.05) is 6.61 Å². The average Bonchev–Trinajstić information content (AvgIpc) is 2.60. The Balaban J connectivity index is 2.78. The predicted octanol–water partition coefficient (Wildman–Crippen LogP) is 4.93. The van der Waals surface area contributed by atoms with Gasteiger partial charge in [-0.1, -0.05) is 49.2 Å². The summed E-state index contributed by atoms with van der Waals surface area (Å²) in [4.78, 5) is 25.9. The minimum atomic E-state index is -0.613. The topological polar surface area (TPSA) is 69.4 Å². The second kappa shape index (κ2) is 9.23. The Labute approximate surface area is 166 Å². The van der Waals surface area contributed by atoms with Crippen LogP contribution in [0.2, 0.25) is 5.02 Å². The molecule has 5 heteroatoms. The minimum absolute atomic E-state index is 0.0260. The van der Waals surface area contributed by atoms with Crippen molar-refractivity contribution in [3.05, 3.63) is 57.3 Å². The van der Waals surface area contributed by atoms with Crippen molar-refractivity contribution in [3.63, 3.8) is 0 Å². The van der Waals surface area contributed by atoms with Crippen LogP contribution in [0.1, 0.15) is 58.4 Å². The van der Waals surface area contributed by atoms with E-state index in [1.165, 1.54) is 0 Å². The molecule has 146 valence electrons. The number of carbonyl (C=O) groups is 2. The lowest BCUT2D eigenvalue weighted by atomic mass is 9.74. The number of benzene rings is 1. The standard InChI is InChI=1S/C22H28ClNO3/c1-5-14(4)19(22(26)27-6-2)20(15-9-7-8-10-16(15)23)21-17(24)11-13(3)12-18(21)25/h7-10,13,20H,5-6,11-12,24H2,1-4H3/b19-14-. The van der Waals surface area contributed by atoms with Gasteiger partial charge in [-0.3, -0.25) is 4.79 Å². The van der Waals surface area contributed by atoms with E-state index < -0.39 is 11.9 Å². The van der Waals surface area contributed by atoms with Gasteiger partial charge in [0.25, 0.3) is 0 Å². The van der Waals surface area contributed by atoms with Crippen LogP contribution in [0.5, 0.6) is 0 Å². The highest BCUT2D eigenvalue weighted by Crippen LogP contribution is 2.42. The number of rotatable bonds is 6. The normalized spacial score (nSPS) is 19.6. The summed E-state index contributed by atoms with van der Waals surface area (Å²) in [6.07, 6.45) is 1.70. The molecule has 0 heterocycles. The van der Waals surface area contributed by atoms with Crippen LogP contribution in [0, 0.1) is 5.92 Å². The Kier molecular flexibility index (Phi) is 7.25. The molecule has 1 aliphatic rings. The first-order chi connectivity index (χ1) is 12.8. The summed E-state index contributed by atoms with van der Waals surface area (Å²) >= 11 is 6.49. The molecular weight excluding hydrogens is 362 g/mol. The van der Waals surface area contributed by atoms with Crippen molar-refractivity contribution in [2.45, 2.75) is 52.9 Å². The molecule has 0 saturated heterocycles. The van der Waals surface area contributed by atoms with Crippen LogP contribution in [0.15, 0.2) is 46.7 Å². The average molecular weight is 390 g/mol. The fourth-order valence-electron chi connectivity index (χ4n) is 3.61. The van der Waals surface area contributed by atoms with E-state index in [1.807, 2.05) is 39.0 Å². The van der Waals surface area contributed by atoms with E-state index in [2.05, 4.69) is 0 Å². The number of carbonyl (C=O) groups excluding carboxylic acids is 2. The molecule has 0 amide bonds. The highest BCUT2D eigenvalue weighted by atomic mass is 35.5. The van der Waals surface area contributed by atoms with E-state index in [1.54, 1.807) is 13.0 Å². The van der Waals surface area contributed by atoms with Crippen LogP contribution in [0.4, 0.5) is 0 Å². The smallest absolute Gasteiger partial charge is 0.334 e. The number of hydrogen-bond acceptors (Lipinski definition) is 4. The van der Waals surface area contributed by atoms with Crippen LogP contribution < -0.4 is 5.73 Å². The molecule has 0 fully saturated rings. The Morgan fingerprint density at radius 2 is 1.96 bits per heavy atom. The summed E-state index contributed by atoms with van der Waals surface area (Å²) in [6, 6.07) is 7.29. The third-order valence-electron chi connectivity index (χ3n) is 5.03. The number of nitrogens with two attached hydrogens (primary N) is 1. The number of hydrogen-bond donors (Lipinski definition) is 1. The zero-order valence-corrected chi connectivity index (χ0v) is 17.2. The lowest BCUT2D eigenvalue weighted by molar-refractivity contribution is -0.138. The molecule has 2 N–H and O–H groups in total. The van der Waals surface area contributed by atoms with Gasteiger partial charge in [0.2, 0.25) is 0 Å². The molecule has 0 saturated carbocycles. The molecule has 4 nitrogen and oxygen atoms in total. The second-order valence-corrected chi connectivity index (χ2v) is 7.51. The van der Waals surface area contributed by atoms with E-state index >= 15 is 0 Å². The van der Waals surface area contributed by atoms with Crippen LogP contribution in [-0.4, -0.2) is 18.4 Å². The molecule has 0 radical (unpaired) electrons. The number of ether oxygens (including phenoxy) is 1. The maximum atomic E-state index is 13.0. The lowest BCUT2D eigenvalue weighted by Gasteiger charge is -2.30. The molecule has 1 aromatic rings. The Morgan fingerprint density at radius 3 is 2.52 bits per heavy atom. The van der Waals surface area contributed by atoms with Crippen molar-refractivity contribution in [3.8, 4) is 0 Å². The van der Waals surface area contributed by atoms with Crippen molar-refractivity contribution < 1.29 is 14.3 Å². The number of halogens is 1. The molecule has 0 aliphatic heterocycles. The van der Waals surface area contributed by atoms with Crippen molar-refractivity contribution in [1.29, 1.82) is 0 Å². The van der Waals surface area contributed by atoms with Gasteiger partial charge in [-0.2, -0.15) is 0 Å². The lowest BCUT2D eigenvalue weighted by Crippen LogP contribution is -2.29. The van der Waals surface area contributed by atoms with E-state index in [0.29, 0.717) is 46.7 Å². The molecule has 2 atom stereocenters. The molecule has 0 bridgehead atoms. The fraction of sp³-hybridized carbons (Fsp3) is 0.455. The monoisotopic (exact) mass is 389 g/mol. The zero-order valence-electron chi connectivity index (χ0n) is 16.5. The minimum Gasteiger partial charge on any atom is -0.463 e. The van der Waals surface area contributed by atoms with E-state index in [9.17, 15) is 9.59 Å². The largest absolute Gasteiger partial charge is 0.463 e. The van der Waals surface area contributed by atoms with Crippen molar-refractivity contribution in [1.82, 2.24) is 0 Å². The molecule has 0 spiro atoms. The number of esters is 1. The molecule has 27 heavy (non-hydrogen) atoms. The Hall–Kier alpha value is -2.07. The molecule has 1 aromatic carbocycles. The fourth-order valence-corrected chi connectivity index (χ4v) is 3.86. The summed E-state index contributed by atoms with van der Waals surface area (Å²) in [7, 11) is 0. The summed E-state index contributed by atoms with van der Waals surface area (Å²) in [5.41, 5.74) is 9.40. The first kappa shape index (κ1) is 21.2. The van der Waals surface area contributed by atoms with E-state index in [-0.39, 0.29) is 18.3 Å². The molecule has 0 aromatic heterocycles. The third-order valence-corrected chi connectivity index (χ3v) is 5.37. The van der Waals surface area contributed by atoms with Crippen molar-refractivity contribution in [2.24, 2.45) is 11.7 Å². The molecule has 2 rings (SSSR count). The number of ketones is 1. The highest BCUT2D eigenvalue weighted by molar-refractivity contribution is 6.31. The quantitative estimate of drug-likeness (QED) is 0.553. The summed E-state index contributed by atoms with van der Waals surface area (Å²) in [6.45, 7) is 7.89. The van der Waals surface area contributed by atoms with Gasteiger partial charge < -0.3 is 10.5 Å². The summed E-state index contributed by atoms with van der Waals surface area (Å²) < 4.78 is 5.34. The van der Waals surface area contributed by atoms with E-state index in [0.717, 1.165) is 5.57 Å². The second-order valence-electron chi connectivity index (χ2n) is 7.10. The molecule has 2 unspecified atom stereocenters. The summed E-state index contributed by atoms with van der Waals surface area (Å²) in [5.74, 6) is -0.872. The van der Waals surface area contributed by atoms with Crippen LogP contribution in [0.25, 0.3) is 0 Å². The molecular formula is C22H28ClNO3. The highest BCUT2D eigenvalue weighted by Gasteiger charge is 2.37. The summed E-state index contributed by atoms with van der Waals surface area (Å²) in [5, 5.41) is 0.500. The molecule has 1 aliphatic carbocycles. The van der Waals surface area contributed by atoms with Crippen LogP contribution in [-0.2, 0) is 14.3 Å². The number of allylic oxidation sites excluding steroid dienone is 3. The Bertz CT molecular complexity index is 795. The van der Waals surface area contributed by atoms with Gasteiger partial charge in [0.05, 0.1) is 6.61 Å². The van der Waals surface area contributed by atoms with Crippen LogP contribution >= 0.6 is 11.6 Å². The van der Waals surface area contributed by atoms with Gasteiger partial charge in [0, 0.05) is 34.2 Å². The van der Waals surface area contributed by atoms with Crippen molar-refractivity contribution >= 4 is 23.4 Å². The zero-order chi connectivity index (χ0) is 20.1. The first-order valence-corrected chi connectivity index (χ1v) is 9.82. The predicted molar refractivity (Wildman–Crippen MR) is 108 cm³/mol. The van der Waals surface area contributed by atoms with Gasteiger partial charge in [0.15, 0.2) is 5.78 Å². The van der Waals surface area contributed by atoms with Crippen LogP contribution in [0.3, 0.4) is 0 Å². The van der Waals surface area contributed by atoms with Gasteiger partial charge in [-0.05, 0) is 44.2 Å². The maximum absolute atomic E-state index is 13.0. The van der Waals surface area contributed by atoms with Gasteiger partial charge in [0.1, 0.15) is 0 Å². The maximum Gasteiger partial charge on any atom is 0.334 e. The van der Waals surface area contributed by atoms with Gasteiger partial charge in [-0.15, -0.1) is 0 Å². The SMILES string of the molecule is CCOC(=O)/C(=C(/C)CC)C(C1=C(N)CC(C)CC1=O)c1ccccc1Cl. The van der Waals surface area contributed by atoms with E-state index in [4.69, 9.17) is 22.1 Å². The van der Waals surface area contributed by atoms with Gasteiger partial charge >= 0.3 is 5.97 Å². The third kappa shape index (κ3) is 4.62. The van der Waals surface area contributed by atoms with Gasteiger partial charge in [-0.25, -0.2) is 4.79 Å². The first-order valence-electron chi connectivity index (χ1n) is 9.44. The Morgan fingerprint density at radius 1 is 1.30 bits per heavy atom.